The lowest BCUT2D eigenvalue weighted by atomic mass is 9.70. The van der Waals surface area contributed by atoms with E-state index in [0.717, 1.165) is 162 Å². The molecule has 83 heavy (non-hydrogen) atoms. The first-order valence-corrected chi connectivity index (χ1v) is 33.4. The SMILES string of the molecule is CCCCC1(CCCC)c2ccccc2-c2ccc(-c3cccc4c3sc3cc(-c5ccccn5)cc(S(=O)(=O)c5cc(-c6ccccn6)cc6sc7c(-c8ccc9c(c8)C(CCCC)(CCCC)c8ccccc8-9)cccc7c56)c34)cc21. The van der Waals surface area contributed by atoms with Crippen molar-refractivity contribution in [2.75, 3.05) is 0 Å². The van der Waals surface area contributed by atoms with Crippen molar-refractivity contribution in [1.29, 1.82) is 0 Å². The molecule has 0 radical (unpaired) electrons. The van der Waals surface area contributed by atoms with Crippen LogP contribution in [0.25, 0.3) is 107 Å². The number of pyridine rings is 2. The highest BCUT2D eigenvalue weighted by atomic mass is 32.2. The summed E-state index contributed by atoms with van der Waals surface area (Å²) in [6, 6.07) is 65.3. The standard InChI is InChI=1S/C76H68N2O2S3/c1-5-9-37-75(38-10-6-2)61-29-15-13-23-55(61)57-35-33-49(43-63(57)75)53-25-21-27-59-71-67(81-73(53)59)45-51(65-31-17-19-41-77-65)47-69(71)83(79,80)70-48-52(66-32-18-20-42-78-66)46-68-72(70)60-28-22-26-54(74(60)82-68)50-34-36-58-56-24-14-16-30-62(56)76(39-11-7-3,40-12-8-4)64(58)44-50/h13-36,41-48H,5-12,37-40H2,1-4H3. The Hall–Kier alpha value is -7.55. The molecule has 4 aromatic heterocycles. The van der Waals surface area contributed by atoms with E-state index in [2.05, 4.69) is 161 Å². The summed E-state index contributed by atoms with van der Waals surface area (Å²) >= 11 is 3.37. The first-order valence-electron chi connectivity index (χ1n) is 30.3. The van der Waals surface area contributed by atoms with Gasteiger partial charge in [0.1, 0.15) is 0 Å². The van der Waals surface area contributed by atoms with Crippen molar-refractivity contribution < 1.29 is 8.42 Å². The Bertz CT molecular complexity index is 4290. The van der Waals surface area contributed by atoms with Crippen LogP contribution in [0.15, 0.2) is 204 Å². The topological polar surface area (TPSA) is 59.9 Å². The fourth-order valence-electron chi connectivity index (χ4n) is 14.6. The summed E-state index contributed by atoms with van der Waals surface area (Å²) < 4.78 is 37.5. The molecule has 8 aromatic carbocycles. The maximum atomic E-state index is 16.8. The van der Waals surface area contributed by atoms with Gasteiger partial charge in [0.05, 0.1) is 21.2 Å². The predicted octanol–water partition coefficient (Wildman–Crippen LogP) is 22.0. The van der Waals surface area contributed by atoms with Crippen molar-refractivity contribution >= 4 is 72.9 Å². The maximum absolute atomic E-state index is 16.8. The molecule has 0 fully saturated rings. The van der Waals surface area contributed by atoms with E-state index in [4.69, 9.17) is 9.97 Å². The van der Waals surface area contributed by atoms with E-state index in [1.807, 2.05) is 48.5 Å². The lowest BCUT2D eigenvalue weighted by molar-refractivity contribution is 0.414. The fraction of sp³-hybridized carbons (Fsp3) is 0.237. The van der Waals surface area contributed by atoms with Gasteiger partial charge in [0, 0.05) is 74.7 Å². The first-order chi connectivity index (χ1) is 40.7. The van der Waals surface area contributed by atoms with E-state index >= 15 is 8.42 Å². The van der Waals surface area contributed by atoms with E-state index in [9.17, 15) is 0 Å². The highest BCUT2D eigenvalue weighted by molar-refractivity contribution is 7.92. The van der Waals surface area contributed by atoms with E-state index in [0.29, 0.717) is 0 Å². The number of benzene rings is 8. The number of unbranched alkanes of at least 4 members (excludes halogenated alkanes) is 4. The smallest absolute Gasteiger partial charge is 0.207 e. The van der Waals surface area contributed by atoms with Gasteiger partial charge in [0.2, 0.25) is 9.84 Å². The van der Waals surface area contributed by atoms with Crippen LogP contribution < -0.4 is 0 Å². The van der Waals surface area contributed by atoms with Gasteiger partial charge in [-0.3, -0.25) is 9.97 Å². The van der Waals surface area contributed by atoms with Crippen LogP contribution in [0.5, 0.6) is 0 Å². The molecule has 0 bridgehead atoms. The largest absolute Gasteiger partial charge is 0.256 e. The quantitative estimate of drug-likeness (QED) is 0.0859. The van der Waals surface area contributed by atoms with Crippen LogP contribution in [0.4, 0.5) is 0 Å². The van der Waals surface area contributed by atoms with Gasteiger partial charge in [-0.05, 0) is 153 Å². The number of sulfone groups is 1. The molecule has 0 aliphatic heterocycles. The maximum Gasteiger partial charge on any atom is 0.207 e. The number of thiophene rings is 2. The molecule has 12 aromatic rings. The van der Waals surface area contributed by atoms with Gasteiger partial charge >= 0.3 is 0 Å². The third-order valence-corrected chi connectivity index (χ3v) is 22.8. The highest BCUT2D eigenvalue weighted by Gasteiger charge is 2.44. The van der Waals surface area contributed by atoms with Gasteiger partial charge in [-0.25, -0.2) is 8.42 Å². The zero-order chi connectivity index (χ0) is 56.5. The average molecular weight is 1140 g/mol. The molecular weight excluding hydrogens is 1070 g/mol. The summed E-state index contributed by atoms with van der Waals surface area (Å²) in [5, 5.41) is 3.35. The minimum Gasteiger partial charge on any atom is -0.256 e. The summed E-state index contributed by atoms with van der Waals surface area (Å²) in [5.41, 5.74) is 18.6. The minimum absolute atomic E-state index is 0.0648. The molecule has 2 aliphatic rings. The normalized spacial score (nSPS) is 13.9. The van der Waals surface area contributed by atoms with Crippen molar-refractivity contribution in [2.24, 2.45) is 0 Å². The number of hydrogen-bond donors (Lipinski definition) is 0. The second-order valence-electron chi connectivity index (χ2n) is 23.4. The molecule has 0 atom stereocenters. The van der Waals surface area contributed by atoms with E-state index in [1.54, 1.807) is 35.1 Å². The summed E-state index contributed by atoms with van der Waals surface area (Å²) in [5.74, 6) is 0. The molecule has 14 rings (SSSR count). The van der Waals surface area contributed by atoms with Gasteiger partial charge in [-0.2, -0.15) is 0 Å². The van der Waals surface area contributed by atoms with Gasteiger partial charge in [0.15, 0.2) is 0 Å². The summed E-state index contributed by atoms with van der Waals surface area (Å²) in [6.45, 7) is 9.22. The molecule has 0 saturated carbocycles. The Labute approximate surface area is 496 Å². The molecule has 0 N–H and O–H groups in total. The minimum atomic E-state index is -4.32. The fourth-order valence-corrected chi connectivity index (χ4v) is 19.1. The van der Waals surface area contributed by atoms with Crippen molar-refractivity contribution in [1.82, 2.24) is 9.97 Å². The number of hydrogen-bond acceptors (Lipinski definition) is 6. The number of fused-ring (bicyclic) bond motifs is 12. The Balaban J connectivity index is 0.981. The Morgan fingerprint density at radius 3 is 1.16 bits per heavy atom. The molecule has 0 spiro atoms. The molecule has 0 unspecified atom stereocenters. The lowest BCUT2D eigenvalue weighted by Crippen LogP contribution is -2.25. The van der Waals surface area contributed by atoms with Crippen LogP contribution >= 0.6 is 22.7 Å². The number of nitrogens with zero attached hydrogens (tertiary/aromatic N) is 2. The summed E-state index contributed by atoms with van der Waals surface area (Å²) in [7, 11) is -4.32. The third-order valence-electron chi connectivity index (χ3n) is 18.6. The van der Waals surface area contributed by atoms with Crippen LogP contribution in [-0.4, -0.2) is 18.4 Å². The number of rotatable bonds is 18. The van der Waals surface area contributed by atoms with E-state index in [1.165, 1.54) is 44.5 Å². The van der Waals surface area contributed by atoms with Crippen molar-refractivity contribution in [3.8, 4) is 67.0 Å². The average Bonchev–Trinajstić information content (AvgIpc) is 1.98. The molecule has 0 saturated heterocycles. The molecule has 4 nitrogen and oxygen atoms in total. The Kier molecular flexibility index (Phi) is 13.9. The molecule has 7 heteroatoms. The molecule has 412 valence electrons. The third kappa shape index (κ3) is 8.66. The molecular formula is C76H68N2O2S3. The van der Waals surface area contributed by atoms with Crippen LogP contribution in [0.1, 0.15) is 127 Å². The Morgan fingerprint density at radius 2 is 0.759 bits per heavy atom. The number of aromatic nitrogens is 2. The van der Waals surface area contributed by atoms with Crippen molar-refractivity contribution in [2.45, 2.75) is 125 Å². The predicted molar refractivity (Wildman–Crippen MR) is 352 cm³/mol. The van der Waals surface area contributed by atoms with Crippen LogP contribution in [0.2, 0.25) is 0 Å². The van der Waals surface area contributed by atoms with E-state index in [-0.39, 0.29) is 20.6 Å². The lowest BCUT2D eigenvalue weighted by Gasteiger charge is -2.33. The zero-order valence-electron chi connectivity index (χ0n) is 47.9. The van der Waals surface area contributed by atoms with Gasteiger partial charge in [-0.15, -0.1) is 22.7 Å². The second-order valence-corrected chi connectivity index (χ2v) is 27.4. The van der Waals surface area contributed by atoms with Crippen molar-refractivity contribution in [3.63, 3.8) is 0 Å². The first kappa shape index (κ1) is 53.5. The van der Waals surface area contributed by atoms with Crippen LogP contribution in [-0.2, 0) is 20.7 Å². The highest BCUT2D eigenvalue weighted by Crippen LogP contribution is 2.58. The molecule has 2 aliphatic carbocycles. The van der Waals surface area contributed by atoms with Gasteiger partial charge in [0.25, 0.3) is 0 Å². The van der Waals surface area contributed by atoms with Crippen LogP contribution in [0, 0.1) is 0 Å². The monoisotopic (exact) mass is 1140 g/mol. The second kappa shape index (κ2) is 21.6. The molecule has 0 amide bonds. The van der Waals surface area contributed by atoms with Crippen molar-refractivity contribution in [3.05, 3.63) is 217 Å². The Morgan fingerprint density at radius 1 is 0.373 bits per heavy atom. The van der Waals surface area contributed by atoms with E-state index < -0.39 is 9.84 Å². The molecule has 4 heterocycles. The summed E-state index contributed by atoms with van der Waals surface area (Å²) in [6.07, 6.45) is 17.2. The van der Waals surface area contributed by atoms with Gasteiger partial charge in [-0.1, -0.05) is 200 Å². The zero-order valence-corrected chi connectivity index (χ0v) is 50.3. The van der Waals surface area contributed by atoms with Gasteiger partial charge < -0.3 is 0 Å². The summed E-state index contributed by atoms with van der Waals surface area (Å²) in [4.78, 5) is 10.2. The van der Waals surface area contributed by atoms with Crippen LogP contribution in [0.3, 0.4) is 0 Å².